The molecule has 0 saturated heterocycles. The molecular weight excluding hydrogens is 302 g/mol. The van der Waals surface area contributed by atoms with E-state index in [4.69, 9.17) is 0 Å². The molecule has 0 saturated carbocycles. The fourth-order valence-electron chi connectivity index (χ4n) is 2.55. The van der Waals surface area contributed by atoms with Crippen molar-refractivity contribution >= 4 is 5.91 Å². The molecule has 2 rings (SSSR count). The van der Waals surface area contributed by atoms with Crippen LogP contribution in [0.3, 0.4) is 0 Å². The van der Waals surface area contributed by atoms with Gasteiger partial charge in [-0.25, -0.2) is 4.68 Å². The summed E-state index contributed by atoms with van der Waals surface area (Å²) >= 11 is 0. The largest absolute Gasteiger partial charge is 0.344 e. The lowest BCUT2D eigenvalue weighted by Crippen LogP contribution is -2.34. The van der Waals surface area contributed by atoms with Crippen molar-refractivity contribution in [3.8, 4) is 0 Å². The van der Waals surface area contributed by atoms with Crippen molar-refractivity contribution in [2.45, 2.75) is 46.2 Å². The first-order valence-corrected chi connectivity index (χ1v) is 8.47. The summed E-state index contributed by atoms with van der Waals surface area (Å²) in [6.07, 6.45) is 1.82. The highest BCUT2D eigenvalue weighted by Gasteiger charge is 2.20. The number of carbonyl (C=O) groups excluding carboxylic acids is 1. The van der Waals surface area contributed by atoms with Crippen molar-refractivity contribution in [2.24, 2.45) is 5.92 Å². The number of nitrogens with zero attached hydrogens (tertiary/aromatic N) is 2. The number of carbonyl (C=O) groups is 1. The Morgan fingerprint density at radius 3 is 2.50 bits per heavy atom. The smallest absolute Gasteiger partial charge is 0.272 e. The summed E-state index contributed by atoms with van der Waals surface area (Å²) in [4.78, 5) is 24.4. The van der Waals surface area contributed by atoms with Gasteiger partial charge in [-0.2, -0.15) is 5.10 Å². The third kappa shape index (κ3) is 4.54. The molecule has 128 valence electrons. The van der Waals surface area contributed by atoms with Gasteiger partial charge in [-0.15, -0.1) is 0 Å². The van der Waals surface area contributed by atoms with Crippen LogP contribution in [0.4, 0.5) is 0 Å². The Bertz CT molecular complexity index is 723. The Morgan fingerprint density at radius 2 is 1.88 bits per heavy atom. The minimum absolute atomic E-state index is 0.100. The van der Waals surface area contributed by atoms with Crippen LogP contribution in [-0.2, 0) is 6.54 Å². The molecule has 1 heterocycles. The van der Waals surface area contributed by atoms with Crippen molar-refractivity contribution in [3.63, 3.8) is 0 Å². The lowest BCUT2D eigenvalue weighted by Gasteiger charge is -2.22. The fraction of sp³-hybridized carbons (Fsp3) is 0.421. The third-order valence-corrected chi connectivity index (χ3v) is 3.93. The number of hydrogen-bond acceptors (Lipinski definition) is 3. The molecule has 1 unspecified atom stereocenters. The monoisotopic (exact) mass is 327 g/mol. The van der Waals surface area contributed by atoms with Gasteiger partial charge in [0.25, 0.3) is 11.5 Å². The van der Waals surface area contributed by atoms with Crippen LogP contribution in [0.1, 0.15) is 55.7 Å². The Labute approximate surface area is 142 Å². The Balaban J connectivity index is 2.20. The highest BCUT2D eigenvalue weighted by molar-refractivity contribution is 5.92. The van der Waals surface area contributed by atoms with Gasteiger partial charge in [-0.3, -0.25) is 9.59 Å². The van der Waals surface area contributed by atoms with Gasteiger partial charge < -0.3 is 5.32 Å². The number of aryl methyl sites for hydroxylation is 1. The number of rotatable bonds is 7. The number of unbranched alkanes of at least 4 members (excludes halogenated alkanes) is 1. The van der Waals surface area contributed by atoms with Crippen molar-refractivity contribution in [2.75, 3.05) is 0 Å². The minimum Gasteiger partial charge on any atom is -0.344 e. The first kappa shape index (κ1) is 17.9. The average molecular weight is 327 g/mol. The fourth-order valence-corrected chi connectivity index (χ4v) is 2.55. The van der Waals surface area contributed by atoms with E-state index in [1.54, 1.807) is 0 Å². The molecule has 24 heavy (non-hydrogen) atoms. The average Bonchev–Trinajstić information content (AvgIpc) is 2.59. The highest BCUT2D eigenvalue weighted by atomic mass is 16.2. The second kappa shape index (κ2) is 8.43. The van der Waals surface area contributed by atoms with E-state index < -0.39 is 0 Å². The summed E-state index contributed by atoms with van der Waals surface area (Å²) in [5, 5.41) is 7.24. The molecule has 1 atom stereocenters. The summed E-state index contributed by atoms with van der Waals surface area (Å²) in [5.74, 6) is -0.0230. The maximum atomic E-state index is 12.6. The van der Waals surface area contributed by atoms with Crippen LogP contribution in [0.25, 0.3) is 0 Å². The molecule has 5 nitrogen and oxygen atoms in total. The van der Waals surface area contributed by atoms with E-state index >= 15 is 0 Å². The van der Waals surface area contributed by atoms with E-state index in [-0.39, 0.29) is 29.1 Å². The molecule has 5 heteroatoms. The maximum absolute atomic E-state index is 12.6. The van der Waals surface area contributed by atoms with Crippen LogP contribution in [0.2, 0.25) is 0 Å². The van der Waals surface area contributed by atoms with Gasteiger partial charge in [0, 0.05) is 12.6 Å². The first-order chi connectivity index (χ1) is 11.5. The van der Waals surface area contributed by atoms with Gasteiger partial charge >= 0.3 is 0 Å². The minimum atomic E-state index is -0.261. The lowest BCUT2D eigenvalue weighted by atomic mass is 9.96. The van der Waals surface area contributed by atoms with E-state index in [9.17, 15) is 9.59 Å². The molecule has 0 radical (unpaired) electrons. The Morgan fingerprint density at radius 1 is 1.17 bits per heavy atom. The SMILES string of the molecule is CCCCn1nc(C(=O)NC(c2ccccc2)C(C)C)ccc1=O. The summed E-state index contributed by atoms with van der Waals surface area (Å²) in [7, 11) is 0. The molecule has 0 fully saturated rings. The van der Waals surface area contributed by atoms with Crippen molar-refractivity contribution in [3.05, 3.63) is 64.1 Å². The Kier molecular flexibility index (Phi) is 6.29. The number of nitrogens with one attached hydrogen (secondary N) is 1. The van der Waals surface area contributed by atoms with Crippen LogP contribution in [-0.4, -0.2) is 15.7 Å². The van der Waals surface area contributed by atoms with Crippen LogP contribution in [0, 0.1) is 5.92 Å². The van der Waals surface area contributed by atoms with E-state index in [0.717, 1.165) is 18.4 Å². The van der Waals surface area contributed by atoms with Gasteiger partial charge in [0.2, 0.25) is 0 Å². The summed E-state index contributed by atoms with van der Waals surface area (Å²) in [5.41, 5.74) is 1.15. The van der Waals surface area contributed by atoms with E-state index in [1.165, 1.54) is 16.8 Å². The predicted molar refractivity (Wildman–Crippen MR) is 94.9 cm³/mol. The lowest BCUT2D eigenvalue weighted by molar-refractivity contribution is 0.0918. The summed E-state index contributed by atoms with van der Waals surface area (Å²) in [6, 6.07) is 12.7. The molecule has 1 aromatic heterocycles. The second-order valence-corrected chi connectivity index (χ2v) is 6.24. The Hall–Kier alpha value is -2.43. The second-order valence-electron chi connectivity index (χ2n) is 6.24. The zero-order valence-electron chi connectivity index (χ0n) is 14.5. The molecule has 1 amide bonds. The molecular formula is C19H25N3O2. The van der Waals surface area contributed by atoms with Crippen LogP contribution >= 0.6 is 0 Å². The summed E-state index contributed by atoms with van der Waals surface area (Å²) in [6.45, 7) is 6.71. The van der Waals surface area contributed by atoms with Crippen molar-refractivity contribution < 1.29 is 4.79 Å². The highest BCUT2D eigenvalue weighted by Crippen LogP contribution is 2.21. The molecule has 1 N–H and O–H groups in total. The van der Waals surface area contributed by atoms with Gasteiger partial charge in [0.1, 0.15) is 5.69 Å². The molecule has 0 aliphatic heterocycles. The van der Waals surface area contributed by atoms with Gasteiger partial charge in [0.15, 0.2) is 0 Å². The number of amides is 1. The van der Waals surface area contributed by atoms with Gasteiger partial charge in [-0.05, 0) is 24.0 Å². The van der Waals surface area contributed by atoms with Crippen molar-refractivity contribution in [1.29, 1.82) is 0 Å². The normalized spacial score (nSPS) is 12.2. The topological polar surface area (TPSA) is 64.0 Å². The van der Waals surface area contributed by atoms with Gasteiger partial charge in [0.05, 0.1) is 6.04 Å². The van der Waals surface area contributed by atoms with Crippen LogP contribution < -0.4 is 10.9 Å². The standard InChI is InChI=1S/C19H25N3O2/c1-4-5-13-22-17(23)12-11-16(21-22)19(24)20-18(14(2)3)15-9-7-6-8-10-15/h6-12,14,18H,4-5,13H2,1-3H3,(H,20,24). The van der Waals surface area contributed by atoms with E-state index in [1.807, 2.05) is 30.3 Å². The zero-order valence-corrected chi connectivity index (χ0v) is 14.5. The molecule has 0 bridgehead atoms. The molecule has 0 aliphatic rings. The van der Waals surface area contributed by atoms with Gasteiger partial charge in [-0.1, -0.05) is 57.5 Å². The first-order valence-electron chi connectivity index (χ1n) is 8.47. The summed E-state index contributed by atoms with van der Waals surface area (Å²) < 4.78 is 1.37. The van der Waals surface area contributed by atoms with E-state index in [2.05, 4.69) is 31.2 Å². The number of benzene rings is 1. The third-order valence-electron chi connectivity index (χ3n) is 3.93. The maximum Gasteiger partial charge on any atom is 0.272 e. The van der Waals surface area contributed by atoms with Crippen LogP contribution in [0.5, 0.6) is 0 Å². The van der Waals surface area contributed by atoms with E-state index in [0.29, 0.717) is 6.54 Å². The van der Waals surface area contributed by atoms with Crippen molar-refractivity contribution in [1.82, 2.24) is 15.1 Å². The number of hydrogen-bond donors (Lipinski definition) is 1. The molecule has 0 spiro atoms. The zero-order chi connectivity index (χ0) is 17.5. The molecule has 0 aliphatic carbocycles. The van der Waals surface area contributed by atoms with Crippen LogP contribution in [0.15, 0.2) is 47.3 Å². The molecule has 1 aromatic carbocycles. The molecule has 2 aromatic rings. The predicted octanol–water partition coefficient (Wildman–Crippen LogP) is 3.17. The number of aromatic nitrogens is 2. The quantitative estimate of drug-likeness (QED) is 0.849.